The highest BCUT2D eigenvalue weighted by atomic mass is 32.1. The number of unbranched alkanes of at least 4 members (excludes halogenated alkanes) is 9. The average molecular weight is 321 g/mol. The van der Waals surface area contributed by atoms with Crippen molar-refractivity contribution in [1.82, 2.24) is 0 Å². The Bertz CT molecular complexity index is 392. The molecule has 1 rings (SSSR count). The van der Waals surface area contributed by atoms with Gasteiger partial charge in [0.25, 0.3) is 0 Å². The first-order chi connectivity index (χ1) is 10.8. The second kappa shape index (κ2) is 12.5. The van der Waals surface area contributed by atoms with Crippen molar-refractivity contribution in [2.24, 2.45) is 5.73 Å². The molecule has 0 saturated carbocycles. The zero-order valence-corrected chi connectivity index (χ0v) is 14.9. The Labute approximate surface area is 142 Å². The summed E-state index contributed by atoms with van der Waals surface area (Å²) in [5.74, 6) is 0. The molecule has 0 saturated heterocycles. The first-order valence-electron chi connectivity index (χ1n) is 8.87. The Kier molecular flexibility index (Phi) is 10.7. The maximum absolute atomic E-state index is 5.85. The molecule has 1 aromatic carbocycles. The molecule has 0 aliphatic rings. The van der Waals surface area contributed by atoms with E-state index in [0.29, 0.717) is 5.11 Å². The molecule has 0 unspecified atom stereocenters. The summed E-state index contributed by atoms with van der Waals surface area (Å²) < 4.78 is 0. The molecular weight excluding hydrogens is 288 g/mol. The molecule has 0 aromatic heterocycles. The first kappa shape index (κ1) is 19.0. The molecular formula is C19H32N2S. The first-order valence-corrected chi connectivity index (χ1v) is 9.28. The van der Waals surface area contributed by atoms with E-state index in [2.05, 4.69) is 19.1 Å². The smallest absolute Gasteiger partial charge is 0.170 e. The lowest BCUT2D eigenvalue weighted by Crippen LogP contribution is -2.36. The van der Waals surface area contributed by atoms with Crippen LogP contribution in [-0.2, 0) is 0 Å². The van der Waals surface area contributed by atoms with Crippen LogP contribution >= 0.6 is 12.2 Å². The molecule has 3 heteroatoms. The number of thiocarbonyl (C=S) groups is 1. The molecule has 0 bridgehead atoms. The second-order valence-corrected chi connectivity index (χ2v) is 6.43. The van der Waals surface area contributed by atoms with Crippen LogP contribution in [0.15, 0.2) is 30.3 Å². The lowest BCUT2D eigenvalue weighted by molar-refractivity contribution is 0.558. The average Bonchev–Trinajstić information content (AvgIpc) is 2.53. The highest BCUT2D eigenvalue weighted by molar-refractivity contribution is 7.80. The number of nitrogens with zero attached hydrogens (tertiary/aromatic N) is 1. The number of anilines is 1. The van der Waals surface area contributed by atoms with Gasteiger partial charge in [-0.2, -0.15) is 0 Å². The summed E-state index contributed by atoms with van der Waals surface area (Å²) in [6.45, 7) is 3.20. The topological polar surface area (TPSA) is 29.3 Å². The van der Waals surface area contributed by atoms with Gasteiger partial charge in [-0.15, -0.1) is 0 Å². The molecule has 22 heavy (non-hydrogen) atoms. The van der Waals surface area contributed by atoms with Crippen LogP contribution in [0.5, 0.6) is 0 Å². The van der Waals surface area contributed by atoms with Crippen LogP contribution in [0, 0.1) is 0 Å². The number of rotatable bonds is 12. The van der Waals surface area contributed by atoms with E-state index >= 15 is 0 Å². The molecule has 0 amide bonds. The largest absolute Gasteiger partial charge is 0.376 e. The number of hydrogen-bond donors (Lipinski definition) is 1. The van der Waals surface area contributed by atoms with Gasteiger partial charge in [0.15, 0.2) is 5.11 Å². The van der Waals surface area contributed by atoms with E-state index in [0.717, 1.165) is 18.7 Å². The zero-order valence-electron chi connectivity index (χ0n) is 14.1. The van der Waals surface area contributed by atoms with Crippen molar-refractivity contribution in [2.75, 3.05) is 11.4 Å². The normalized spacial score (nSPS) is 10.6. The summed E-state index contributed by atoms with van der Waals surface area (Å²) in [5, 5.41) is 0.474. The van der Waals surface area contributed by atoms with E-state index in [-0.39, 0.29) is 0 Å². The van der Waals surface area contributed by atoms with Crippen LogP contribution in [0.4, 0.5) is 5.69 Å². The van der Waals surface area contributed by atoms with E-state index in [1.807, 2.05) is 23.1 Å². The van der Waals surface area contributed by atoms with Crippen molar-refractivity contribution in [3.05, 3.63) is 30.3 Å². The van der Waals surface area contributed by atoms with Gasteiger partial charge >= 0.3 is 0 Å². The number of benzene rings is 1. The van der Waals surface area contributed by atoms with Crippen molar-refractivity contribution in [3.63, 3.8) is 0 Å². The molecule has 2 N–H and O–H groups in total. The lowest BCUT2D eigenvalue weighted by atomic mass is 10.1. The Morgan fingerprint density at radius 1 is 0.864 bits per heavy atom. The minimum atomic E-state index is 0.474. The standard InChI is InChI=1S/C19H32N2S/c1-2-3-4-5-6-7-8-9-10-14-17-21(19(20)22)18-15-12-11-13-16-18/h11-13,15-16H,2-10,14,17H2,1H3,(H2,20,22). The van der Waals surface area contributed by atoms with Crippen molar-refractivity contribution in [2.45, 2.75) is 71.1 Å². The van der Waals surface area contributed by atoms with Gasteiger partial charge in [0.2, 0.25) is 0 Å². The highest BCUT2D eigenvalue weighted by Crippen LogP contribution is 2.15. The fourth-order valence-electron chi connectivity index (χ4n) is 2.73. The summed E-state index contributed by atoms with van der Waals surface area (Å²) in [4.78, 5) is 2.04. The lowest BCUT2D eigenvalue weighted by Gasteiger charge is -2.22. The van der Waals surface area contributed by atoms with Gasteiger partial charge in [0.1, 0.15) is 0 Å². The van der Waals surface area contributed by atoms with Crippen molar-refractivity contribution in [3.8, 4) is 0 Å². The van der Waals surface area contributed by atoms with Crippen LogP contribution in [0.3, 0.4) is 0 Å². The summed E-state index contributed by atoms with van der Waals surface area (Å²) in [7, 11) is 0. The predicted octanol–water partition coefficient (Wildman–Crippen LogP) is 5.66. The molecule has 2 nitrogen and oxygen atoms in total. The summed E-state index contributed by atoms with van der Waals surface area (Å²) in [5.41, 5.74) is 6.95. The fraction of sp³-hybridized carbons (Fsp3) is 0.632. The van der Waals surface area contributed by atoms with Crippen molar-refractivity contribution < 1.29 is 0 Å². The molecule has 0 spiro atoms. The van der Waals surface area contributed by atoms with Crippen LogP contribution in [0.1, 0.15) is 71.1 Å². The zero-order chi connectivity index (χ0) is 16.0. The van der Waals surface area contributed by atoms with Crippen LogP contribution in [-0.4, -0.2) is 11.7 Å². The number of nitrogens with two attached hydrogens (primary N) is 1. The van der Waals surface area contributed by atoms with Gasteiger partial charge in [-0.25, -0.2) is 0 Å². The fourth-order valence-corrected chi connectivity index (χ4v) is 2.93. The Hall–Kier alpha value is -1.09. The molecule has 0 aliphatic carbocycles. The monoisotopic (exact) mass is 320 g/mol. The maximum atomic E-state index is 5.85. The van der Waals surface area contributed by atoms with Crippen LogP contribution < -0.4 is 10.6 Å². The summed E-state index contributed by atoms with van der Waals surface area (Å²) in [6.07, 6.45) is 13.5. The molecule has 1 aromatic rings. The van der Waals surface area contributed by atoms with Crippen LogP contribution in [0.25, 0.3) is 0 Å². The quantitative estimate of drug-likeness (QED) is 0.398. The Morgan fingerprint density at radius 2 is 1.36 bits per heavy atom. The summed E-state index contributed by atoms with van der Waals surface area (Å²) >= 11 is 5.17. The van der Waals surface area contributed by atoms with Crippen molar-refractivity contribution in [1.29, 1.82) is 0 Å². The minimum Gasteiger partial charge on any atom is -0.376 e. The van der Waals surface area contributed by atoms with Crippen LogP contribution in [0.2, 0.25) is 0 Å². The van der Waals surface area contributed by atoms with Gasteiger partial charge in [-0.05, 0) is 30.8 Å². The van der Waals surface area contributed by atoms with E-state index < -0.39 is 0 Å². The van der Waals surface area contributed by atoms with Gasteiger partial charge in [-0.1, -0.05) is 82.9 Å². The summed E-state index contributed by atoms with van der Waals surface area (Å²) in [6, 6.07) is 10.2. The predicted molar refractivity (Wildman–Crippen MR) is 102 cm³/mol. The maximum Gasteiger partial charge on any atom is 0.170 e. The third-order valence-corrected chi connectivity index (χ3v) is 4.29. The third kappa shape index (κ3) is 8.38. The number of para-hydroxylation sites is 1. The molecule has 124 valence electrons. The van der Waals surface area contributed by atoms with E-state index in [1.54, 1.807) is 0 Å². The second-order valence-electron chi connectivity index (χ2n) is 6.01. The molecule has 0 fully saturated rings. The number of hydrogen-bond acceptors (Lipinski definition) is 1. The minimum absolute atomic E-state index is 0.474. The van der Waals surface area contributed by atoms with Crippen molar-refractivity contribution >= 4 is 23.0 Å². The van der Waals surface area contributed by atoms with E-state index in [4.69, 9.17) is 18.0 Å². The molecule has 0 aliphatic heterocycles. The SMILES string of the molecule is CCCCCCCCCCCCN(C(N)=S)c1ccccc1. The van der Waals surface area contributed by atoms with Gasteiger partial charge < -0.3 is 10.6 Å². The molecule has 0 atom stereocenters. The van der Waals surface area contributed by atoms with Gasteiger partial charge in [-0.3, -0.25) is 0 Å². The molecule has 0 radical (unpaired) electrons. The van der Waals surface area contributed by atoms with Gasteiger partial charge in [0.05, 0.1) is 0 Å². The van der Waals surface area contributed by atoms with E-state index in [9.17, 15) is 0 Å². The van der Waals surface area contributed by atoms with Gasteiger partial charge in [0, 0.05) is 12.2 Å². The Balaban J connectivity index is 2.08. The third-order valence-electron chi connectivity index (χ3n) is 4.07. The van der Waals surface area contributed by atoms with E-state index in [1.165, 1.54) is 57.8 Å². The highest BCUT2D eigenvalue weighted by Gasteiger charge is 2.07. The Morgan fingerprint density at radius 3 is 1.86 bits per heavy atom. The molecule has 0 heterocycles.